The molecule has 0 amide bonds. The zero-order valence-electron chi connectivity index (χ0n) is 16.5. The Labute approximate surface area is 159 Å². The molecule has 2 nitrogen and oxygen atoms in total. The Kier molecular flexibility index (Phi) is 8.84. The number of allylic oxidation sites excluding steroid dienone is 2. The van der Waals surface area contributed by atoms with E-state index < -0.39 is 5.60 Å². The summed E-state index contributed by atoms with van der Waals surface area (Å²) in [5.41, 5.74) is 1.58. The number of carbonyl (C=O) groups is 1. The Morgan fingerprint density at radius 1 is 1.00 bits per heavy atom. The zero-order chi connectivity index (χ0) is 18.7. The highest BCUT2D eigenvalue weighted by molar-refractivity contribution is 5.90. The maximum absolute atomic E-state index is 12.2. The van der Waals surface area contributed by atoms with Crippen molar-refractivity contribution in [2.75, 3.05) is 6.61 Å². The molecule has 0 bridgehead atoms. The first kappa shape index (κ1) is 20.6. The summed E-state index contributed by atoms with van der Waals surface area (Å²) in [6.45, 7) is 4.55. The van der Waals surface area contributed by atoms with Gasteiger partial charge in [0.2, 0.25) is 0 Å². The Bertz CT molecular complexity index is 600. The Balaban J connectivity index is 1.75. The van der Waals surface area contributed by atoms with Gasteiger partial charge in [-0.1, -0.05) is 94.4 Å². The van der Waals surface area contributed by atoms with Crippen LogP contribution in [0.25, 0.3) is 5.57 Å². The molecular formula is C24H34O2. The minimum Gasteiger partial charge on any atom is -0.363 e. The van der Waals surface area contributed by atoms with E-state index >= 15 is 0 Å². The van der Waals surface area contributed by atoms with Crippen molar-refractivity contribution in [1.82, 2.24) is 0 Å². The second-order valence-electron chi connectivity index (χ2n) is 7.33. The molecule has 2 rings (SSSR count). The number of ether oxygens (including phenoxy) is 1. The lowest BCUT2D eigenvalue weighted by atomic mass is 9.86. The number of hydrogen-bond donors (Lipinski definition) is 0. The van der Waals surface area contributed by atoms with Gasteiger partial charge in [-0.25, -0.2) is 0 Å². The molecule has 0 fully saturated rings. The summed E-state index contributed by atoms with van der Waals surface area (Å²) >= 11 is 0. The number of ketones is 1. The molecule has 1 aliphatic carbocycles. The van der Waals surface area contributed by atoms with Crippen LogP contribution in [-0.4, -0.2) is 18.0 Å². The largest absolute Gasteiger partial charge is 0.363 e. The van der Waals surface area contributed by atoms with Crippen LogP contribution in [0.5, 0.6) is 0 Å². The standard InChI is InChI=1S/C24H34O2/c1-3-4-5-6-7-8-9-13-20-26-24(21(2)25)18-16-23(17-19-24)22-14-11-10-12-15-22/h10-12,14-18H,3-9,13,19-20H2,1-2H3. The molecule has 0 heterocycles. The van der Waals surface area contributed by atoms with Crippen LogP contribution >= 0.6 is 0 Å². The van der Waals surface area contributed by atoms with Crippen molar-refractivity contribution >= 4 is 11.4 Å². The summed E-state index contributed by atoms with van der Waals surface area (Å²) in [7, 11) is 0. The second kappa shape index (κ2) is 11.1. The molecule has 1 atom stereocenters. The topological polar surface area (TPSA) is 26.3 Å². The molecule has 0 radical (unpaired) electrons. The molecule has 26 heavy (non-hydrogen) atoms. The molecule has 0 aromatic heterocycles. The Hall–Kier alpha value is -1.67. The van der Waals surface area contributed by atoms with Crippen molar-refractivity contribution in [3.63, 3.8) is 0 Å². The van der Waals surface area contributed by atoms with Crippen molar-refractivity contribution in [2.45, 2.75) is 77.2 Å². The highest BCUT2D eigenvalue weighted by Crippen LogP contribution is 2.30. The number of hydrogen-bond acceptors (Lipinski definition) is 2. The lowest BCUT2D eigenvalue weighted by Gasteiger charge is -2.30. The van der Waals surface area contributed by atoms with Gasteiger partial charge in [0.1, 0.15) is 5.60 Å². The minimum absolute atomic E-state index is 0.0941. The van der Waals surface area contributed by atoms with Gasteiger partial charge >= 0.3 is 0 Å². The maximum atomic E-state index is 12.2. The van der Waals surface area contributed by atoms with Crippen LogP contribution < -0.4 is 0 Å². The summed E-state index contributed by atoms with van der Waals surface area (Å²) in [5.74, 6) is 0.0941. The van der Waals surface area contributed by atoms with Crippen molar-refractivity contribution in [3.05, 3.63) is 54.1 Å². The van der Waals surface area contributed by atoms with Crippen LogP contribution in [0.4, 0.5) is 0 Å². The monoisotopic (exact) mass is 354 g/mol. The van der Waals surface area contributed by atoms with Gasteiger partial charge in [0.25, 0.3) is 0 Å². The van der Waals surface area contributed by atoms with E-state index in [4.69, 9.17) is 4.74 Å². The second-order valence-corrected chi connectivity index (χ2v) is 7.33. The van der Waals surface area contributed by atoms with E-state index in [-0.39, 0.29) is 5.78 Å². The predicted molar refractivity (Wildman–Crippen MR) is 110 cm³/mol. The molecule has 1 unspecified atom stereocenters. The van der Waals surface area contributed by atoms with Gasteiger partial charge in [0.05, 0.1) is 0 Å². The van der Waals surface area contributed by atoms with E-state index in [0.29, 0.717) is 13.0 Å². The van der Waals surface area contributed by atoms with Gasteiger partial charge in [0, 0.05) is 13.0 Å². The molecule has 0 aliphatic heterocycles. The number of benzene rings is 1. The normalized spacial score (nSPS) is 19.4. The van der Waals surface area contributed by atoms with Crippen LogP contribution in [0, 0.1) is 0 Å². The van der Waals surface area contributed by atoms with Crippen LogP contribution in [-0.2, 0) is 9.53 Å². The van der Waals surface area contributed by atoms with Gasteiger partial charge < -0.3 is 4.74 Å². The summed E-state index contributed by atoms with van der Waals surface area (Å²) in [5, 5.41) is 0. The first-order chi connectivity index (χ1) is 12.7. The molecule has 0 N–H and O–H groups in total. The molecule has 1 aromatic rings. The third-order valence-corrected chi connectivity index (χ3v) is 5.22. The Morgan fingerprint density at radius 3 is 2.23 bits per heavy atom. The average molecular weight is 355 g/mol. The number of rotatable bonds is 12. The fraction of sp³-hybridized carbons (Fsp3) is 0.542. The fourth-order valence-electron chi connectivity index (χ4n) is 3.43. The molecule has 1 aliphatic rings. The summed E-state index contributed by atoms with van der Waals surface area (Å²) < 4.78 is 6.08. The van der Waals surface area contributed by atoms with Crippen molar-refractivity contribution in [2.24, 2.45) is 0 Å². The van der Waals surface area contributed by atoms with Crippen molar-refractivity contribution in [1.29, 1.82) is 0 Å². The number of carbonyl (C=O) groups excluding carboxylic acids is 1. The first-order valence-electron chi connectivity index (χ1n) is 10.3. The minimum atomic E-state index is -0.764. The van der Waals surface area contributed by atoms with Crippen molar-refractivity contribution < 1.29 is 9.53 Å². The molecule has 0 saturated carbocycles. The fourth-order valence-corrected chi connectivity index (χ4v) is 3.43. The molecule has 142 valence electrons. The van der Waals surface area contributed by atoms with E-state index in [9.17, 15) is 4.79 Å². The molecule has 0 spiro atoms. The van der Waals surface area contributed by atoms with E-state index in [2.05, 4.69) is 25.1 Å². The van der Waals surface area contributed by atoms with E-state index in [1.807, 2.05) is 30.4 Å². The van der Waals surface area contributed by atoms with Gasteiger partial charge in [-0.2, -0.15) is 0 Å². The SMILES string of the molecule is CCCCCCCCCCOC1(C(C)=O)C=CC(c2ccccc2)=CC1. The zero-order valence-corrected chi connectivity index (χ0v) is 16.5. The highest BCUT2D eigenvalue weighted by Gasteiger charge is 2.34. The number of Topliss-reactive ketones (excluding diaryl/α,β-unsaturated/α-hetero) is 1. The van der Waals surface area contributed by atoms with Gasteiger partial charge in [-0.05, 0) is 30.6 Å². The van der Waals surface area contributed by atoms with Crippen molar-refractivity contribution in [3.8, 4) is 0 Å². The molecular weight excluding hydrogens is 320 g/mol. The summed E-state index contributed by atoms with van der Waals surface area (Å²) in [6, 6.07) is 10.3. The lowest BCUT2D eigenvalue weighted by molar-refractivity contribution is -0.136. The maximum Gasteiger partial charge on any atom is 0.165 e. The average Bonchev–Trinajstić information content (AvgIpc) is 2.68. The Morgan fingerprint density at radius 2 is 1.65 bits per heavy atom. The third kappa shape index (κ3) is 6.25. The van der Waals surface area contributed by atoms with Crippen LogP contribution in [0.2, 0.25) is 0 Å². The summed E-state index contributed by atoms with van der Waals surface area (Å²) in [4.78, 5) is 12.2. The molecule has 2 heteroatoms. The third-order valence-electron chi connectivity index (χ3n) is 5.22. The van der Waals surface area contributed by atoms with Gasteiger partial charge in [-0.3, -0.25) is 4.79 Å². The smallest absolute Gasteiger partial charge is 0.165 e. The van der Waals surface area contributed by atoms with Gasteiger partial charge in [0.15, 0.2) is 5.78 Å². The van der Waals surface area contributed by atoms with E-state index in [0.717, 1.165) is 12.0 Å². The predicted octanol–water partition coefficient (Wildman–Crippen LogP) is 6.52. The molecule has 0 saturated heterocycles. The van der Waals surface area contributed by atoms with E-state index in [1.54, 1.807) is 6.92 Å². The van der Waals surface area contributed by atoms with Gasteiger partial charge in [-0.15, -0.1) is 0 Å². The highest BCUT2D eigenvalue weighted by atomic mass is 16.5. The molecule has 1 aromatic carbocycles. The first-order valence-corrected chi connectivity index (χ1v) is 10.3. The lowest BCUT2D eigenvalue weighted by Crippen LogP contribution is -2.39. The quantitative estimate of drug-likeness (QED) is 0.400. The van der Waals surface area contributed by atoms with Crippen LogP contribution in [0.3, 0.4) is 0 Å². The van der Waals surface area contributed by atoms with E-state index in [1.165, 1.54) is 50.5 Å². The summed E-state index contributed by atoms with van der Waals surface area (Å²) in [6.07, 6.45) is 16.9. The number of unbranched alkanes of at least 4 members (excludes halogenated alkanes) is 7. The van der Waals surface area contributed by atoms with Crippen LogP contribution in [0.1, 0.15) is 77.2 Å². The van der Waals surface area contributed by atoms with Crippen LogP contribution in [0.15, 0.2) is 48.6 Å².